The van der Waals surface area contributed by atoms with Crippen molar-refractivity contribution in [1.29, 1.82) is 0 Å². The van der Waals surface area contributed by atoms with Gasteiger partial charge < -0.3 is 24.3 Å². The van der Waals surface area contributed by atoms with Gasteiger partial charge >= 0.3 is 0 Å². The van der Waals surface area contributed by atoms with Crippen molar-refractivity contribution < 1.29 is 32.6 Å². The first-order chi connectivity index (χ1) is 12.3. The Balaban J connectivity index is 2.08. The number of hydrogen-bond acceptors (Lipinski definition) is 7. The van der Waals surface area contributed by atoms with Gasteiger partial charge in [-0.05, 0) is 18.6 Å². The maximum atomic E-state index is 12.9. The molecule has 1 heterocycles. The van der Waals surface area contributed by atoms with Gasteiger partial charge in [0.2, 0.25) is 15.9 Å². The minimum Gasteiger partial charge on any atom is -0.550 e. The topological polar surface area (TPSA) is 116 Å². The normalized spacial score (nSPS) is 15.5. The zero-order chi connectivity index (χ0) is 19.3. The second-order valence-electron chi connectivity index (χ2n) is 5.67. The SMILES string of the molecule is COc1ccc(S(=O)(=O)N2CCN(C(=O)CCC(=O)[O-])CC2)c(OC)c1. The van der Waals surface area contributed by atoms with Crippen LogP contribution in [-0.4, -0.2) is 69.9 Å². The number of ether oxygens (including phenoxy) is 2. The number of aliphatic carboxylic acids is 1. The first kappa shape index (κ1) is 20.0. The van der Waals surface area contributed by atoms with E-state index >= 15 is 0 Å². The minimum absolute atomic E-state index is 0.0255. The van der Waals surface area contributed by atoms with Crippen LogP contribution in [0.15, 0.2) is 23.1 Å². The number of carbonyl (C=O) groups excluding carboxylic acids is 2. The number of hydrogen-bond donors (Lipinski definition) is 0. The van der Waals surface area contributed by atoms with Crippen LogP contribution in [-0.2, 0) is 19.6 Å². The number of benzene rings is 1. The van der Waals surface area contributed by atoms with Gasteiger partial charge in [0.25, 0.3) is 0 Å². The Hall–Kier alpha value is -2.33. The van der Waals surface area contributed by atoms with Gasteiger partial charge in [0.05, 0.1) is 14.2 Å². The van der Waals surface area contributed by atoms with E-state index in [-0.39, 0.29) is 55.6 Å². The lowest BCUT2D eigenvalue weighted by Gasteiger charge is -2.34. The molecule has 0 spiro atoms. The number of piperazine rings is 1. The van der Waals surface area contributed by atoms with Gasteiger partial charge in [0.1, 0.15) is 16.4 Å². The standard InChI is InChI=1S/C16H22N2O7S/c1-24-12-3-4-14(13(11-12)25-2)26(22,23)18-9-7-17(8-10-18)15(19)5-6-16(20)21/h3-4,11H,5-10H2,1-2H3,(H,20,21)/p-1. The van der Waals surface area contributed by atoms with Crippen molar-refractivity contribution >= 4 is 21.9 Å². The van der Waals surface area contributed by atoms with E-state index in [1.54, 1.807) is 0 Å². The van der Waals surface area contributed by atoms with Crippen LogP contribution >= 0.6 is 0 Å². The quantitative estimate of drug-likeness (QED) is 0.595. The number of rotatable bonds is 7. The summed E-state index contributed by atoms with van der Waals surface area (Å²) in [5.74, 6) is -0.958. The first-order valence-corrected chi connectivity index (χ1v) is 9.43. The Morgan fingerprint density at radius 2 is 1.73 bits per heavy atom. The van der Waals surface area contributed by atoms with Crippen LogP contribution < -0.4 is 14.6 Å². The van der Waals surface area contributed by atoms with Gasteiger partial charge in [0.15, 0.2) is 0 Å². The van der Waals surface area contributed by atoms with Crippen LogP contribution in [0.3, 0.4) is 0 Å². The third-order valence-electron chi connectivity index (χ3n) is 4.12. The largest absolute Gasteiger partial charge is 0.550 e. The van der Waals surface area contributed by atoms with Gasteiger partial charge in [0, 0.05) is 44.6 Å². The predicted molar refractivity (Wildman–Crippen MR) is 89.1 cm³/mol. The zero-order valence-electron chi connectivity index (χ0n) is 14.6. The van der Waals surface area contributed by atoms with Crippen molar-refractivity contribution in [3.8, 4) is 11.5 Å². The summed E-state index contributed by atoms with van der Waals surface area (Å²) in [6.45, 7) is 0.635. The molecule has 1 aromatic carbocycles. The summed E-state index contributed by atoms with van der Waals surface area (Å²) in [6, 6.07) is 4.45. The molecular formula is C16H21N2O7S-. The number of carboxylic acid groups (broad SMARTS) is 1. The van der Waals surface area contributed by atoms with E-state index in [2.05, 4.69) is 0 Å². The fourth-order valence-corrected chi connectivity index (χ4v) is 4.23. The molecule has 1 aliphatic rings. The van der Waals surface area contributed by atoms with E-state index in [9.17, 15) is 23.1 Å². The maximum Gasteiger partial charge on any atom is 0.246 e. The second kappa shape index (κ2) is 8.37. The molecule has 10 heteroatoms. The summed E-state index contributed by atoms with van der Waals surface area (Å²) < 4.78 is 37.3. The smallest absolute Gasteiger partial charge is 0.246 e. The minimum atomic E-state index is -3.79. The average Bonchev–Trinajstić information content (AvgIpc) is 2.65. The molecule has 1 fully saturated rings. The van der Waals surface area contributed by atoms with Gasteiger partial charge in [-0.1, -0.05) is 0 Å². The Labute approximate surface area is 152 Å². The molecule has 26 heavy (non-hydrogen) atoms. The molecule has 0 atom stereocenters. The van der Waals surface area contributed by atoms with Crippen LogP contribution in [0.4, 0.5) is 0 Å². The average molecular weight is 385 g/mol. The van der Waals surface area contributed by atoms with E-state index in [1.807, 2.05) is 0 Å². The van der Waals surface area contributed by atoms with Gasteiger partial charge in [-0.2, -0.15) is 4.31 Å². The molecule has 144 valence electrons. The summed E-state index contributed by atoms with van der Waals surface area (Å²) in [6.07, 6.45) is -0.498. The summed E-state index contributed by atoms with van der Waals surface area (Å²) in [5.41, 5.74) is 0. The molecule has 0 N–H and O–H groups in total. The number of amides is 1. The summed E-state index contributed by atoms with van der Waals surface area (Å²) in [4.78, 5) is 23.9. The molecule has 0 radical (unpaired) electrons. The summed E-state index contributed by atoms with van der Waals surface area (Å²) in [7, 11) is -0.945. The molecular weight excluding hydrogens is 364 g/mol. The molecule has 9 nitrogen and oxygen atoms in total. The fraction of sp³-hybridized carbons (Fsp3) is 0.500. The van der Waals surface area contributed by atoms with Crippen molar-refractivity contribution in [3.63, 3.8) is 0 Å². The van der Waals surface area contributed by atoms with Crippen molar-refractivity contribution in [2.75, 3.05) is 40.4 Å². The van der Waals surface area contributed by atoms with E-state index < -0.39 is 16.0 Å². The molecule has 2 rings (SSSR count). The Bertz CT molecular complexity index is 771. The Kier molecular flexibility index (Phi) is 6.43. The van der Waals surface area contributed by atoms with E-state index in [4.69, 9.17) is 9.47 Å². The van der Waals surface area contributed by atoms with E-state index in [0.717, 1.165) is 0 Å². The Morgan fingerprint density at radius 1 is 1.08 bits per heavy atom. The number of methoxy groups -OCH3 is 2. The Morgan fingerprint density at radius 3 is 2.27 bits per heavy atom. The van der Waals surface area contributed by atoms with Crippen LogP contribution in [0.2, 0.25) is 0 Å². The maximum absolute atomic E-state index is 12.9. The fourth-order valence-electron chi connectivity index (χ4n) is 2.67. The molecule has 1 aromatic rings. The van der Waals surface area contributed by atoms with Crippen molar-refractivity contribution in [2.24, 2.45) is 0 Å². The molecule has 0 aliphatic carbocycles. The molecule has 0 aromatic heterocycles. The molecule has 0 bridgehead atoms. The third-order valence-corrected chi connectivity index (χ3v) is 6.06. The summed E-state index contributed by atoms with van der Waals surface area (Å²) >= 11 is 0. The molecule has 1 amide bonds. The van der Waals surface area contributed by atoms with Crippen LogP contribution in [0.25, 0.3) is 0 Å². The predicted octanol–water partition coefficient (Wildman–Crippen LogP) is -0.933. The van der Waals surface area contributed by atoms with Crippen molar-refractivity contribution in [1.82, 2.24) is 9.21 Å². The molecule has 1 saturated heterocycles. The number of carbonyl (C=O) groups is 2. The molecule has 1 aliphatic heterocycles. The van der Waals surface area contributed by atoms with Gasteiger partial charge in [-0.3, -0.25) is 4.79 Å². The lowest BCUT2D eigenvalue weighted by molar-refractivity contribution is -0.305. The molecule has 0 saturated carbocycles. The monoisotopic (exact) mass is 385 g/mol. The highest BCUT2D eigenvalue weighted by atomic mass is 32.2. The lowest BCUT2D eigenvalue weighted by atomic mass is 10.2. The zero-order valence-corrected chi connectivity index (χ0v) is 15.5. The lowest BCUT2D eigenvalue weighted by Crippen LogP contribution is -2.50. The van der Waals surface area contributed by atoms with Gasteiger partial charge in [-0.25, -0.2) is 8.42 Å². The molecule has 0 unspecified atom stereocenters. The first-order valence-electron chi connectivity index (χ1n) is 7.99. The van der Waals surface area contributed by atoms with Crippen molar-refractivity contribution in [2.45, 2.75) is 17.7 Å². The van der Waals surface area contributed by atoms with E-state index in [0.29, 0.717) is 5.75 Å². The van der Waals surface area contributed by atoms with Gasteiger partial charge in [-0.15, -0.1) is 0 Å². The number of sulfonamides is 1. The van der Waals surface area contributed by atoms with Crippen LogP contribution in [0, 0.1) is 0 Å². The summed E-state index contributed by atoms with van der Waals surface area (Å²) in [5, 5.41) is 10.4. The third kappa shape index (κ3) is 4.44. The highest BCUT2D eigenvalue weighted by molar-refractivity contribution is 7.89. The highest BCUT2D eigenvalue weighted by Crippen LogP contribution is 2.31. The van der Waals surface area contributed by atoms with Crippen LogP contribution in [0.5, 0.6) is 11.5 Å². The second-order valence-corrected chi connectivity index (χ2v) is 7.58. The number of carboxylic acids is 1. The van der Waals surface area contributed by atoms with E-state index in [1.165, 1.54) is 41.6 Å². The van der Waals surface area contributed by atoms with Crippen LogP contribution in [0.1, 0.15) is 12.8 Å². The highest BCUT2D eigenvalue weighted by Gasteiger charge is 2.32. The van der Waals surface area contributed by atoms with Crippen molar-refractivity contribution in [3.05, 3.63) is 18.2 Å². The number of nitrogens with zero attached hydrogens (tertiary/aromatic N) is 2.